The largest absolute Gasteiger partial charge is 0.385 e. The standard InChI is InChI=1S/C8H9BrN4O/c9-5-3-11-8-1-6(7(14)2-10)12-13(8)4-5/h1,3-4,7,14H,2,10H2. The molecule has 2 aromatic heterocycles. The Labute approximate surface area is 88.7 Å². The van der Waals surface area contributed by atoms with Crippen molar-refractivity contribution in [1.82, 2.24) is 14.6 Å². The number of fused-ring (bicyclic) bond motifs is 1. The summed E-state index contributed by atoms with van der Waals surface area (Å²) in [6.07, 6.45) is 2.72. The first-order chi connectivity index (χ1) is 6.70. The summed E-state index contributed by atoms with van der Waals surface area (Å²) in [5.74, 6) is 0. The quantitative estimate of drug-likeness (QED) is 0.820. The molecule has 0 bridgehead atoms. The van der Waals surface area contributed by atoms with Gasteiger partial charge in [-0.3, -0.25) is 0 Å². The van der Waals surface area contributed by atoms with Crippen LogP contribution in [0.3, 0.4) is 0 Å². The second kappa shape index (κ2) is 3.64. The van der Waals surface area contributed by atoms with Crippen molar-refractivity contribution >= 4 is 21.6 Å². The van der Waals surface area contributed by atoms with Crippen LogP contribution in [-0.2, 0) is 0 Å². The molecule has 2 rings (SSSR count). The molecule has 14 heavy (non-hydrogen) atoms. The Balaban J connectivity index is 2.51. The number of halogens is 1. The van der Waals surface area contributed by atoms with Crippen LogP contribution in [-0.4, -0.2) is 26.2 Å². The van der Waals surface area contributed by atoms with Gasteiger partial charge in [-0.25, -0.2) is 9.50 Å². The van der Waals surface area contributed by atoms with Crippen LogP contribution < -0.4 is 5.73 Å². The van der Waals surface area contributed by atoms with E-state index in [1.165, 1.54) is 0 Å². The van der Waals surface area contributed by atoms with Gasteiger partial charge in [0.25, 0.3) is 0 Å². The molecule has 1 atom stereocenters. The lowest BCUT2D eigenvalue weighted by atomic mass is 10.2. The first-order valence-electron chi connectivity index (χ1n) is 4.09. The van der Waals surface area contributed by atoms with Crippen LogP contribution in [0.2, 0.25) is 0 Å². The van der Waals surface area contributed by atoms with Crippen molar-refractivity contribution in [1.29, 1.82) is 0 Å². The van der Waals surface area contributed by atoms with Gasteiger partial charge in [0.15, 0.2) is 5.65 Å². The summed E-state index contributed by atoms with van der Waals surface area (Å²) in [7, 11) is 0. The number of aliphatic hydroxyl groups is 1. The lowest BCUT2D eigenvalue weighted by Gasteiger charge is -2.00. The van der Waals surface area contributed by atoms with Crippen molar-refractivity contribution in [2.75, 3.05) is 6.54 Å². The van der Waals surface area contributed by atoms with Crippen LogP contribution >= 0.6 is 15.9 Å². The van der Waals surface area contributed by atoms with Gasteiger partial charge in [-0.05, 0) is 15.9 Å². The second-order valence-electron chi connectivity index (χ2n) is 2.90. The fourth-order valence-electron chi connectivity index (χ4n) is 1.16. The Morgan fingerprint density at radius 2 is 2.43 bits per heavy atom. The van der Waals surface area contributed by atoms with Crippen molar-refractivity contribution in [3.05, 3.63) is 28.6 Å². The molecule has 0 aromatic carbocycles. The predicted octanol–water partition coefficient (Wildman–Crippen LogP) is 0.484. The molecule has 0 radical (unpaired) electrons. The van der Waals surface area contributed by atoms with Gasteiger partial charge in [0.05, 0.1) is 10.2 Å². The van der Waals surface area contributed by atoms with Gasteiger partial charge in [0.1, 0.15) is 6.10 Å². The van der Waals surface area contributed by atoms with Crippen molar-refractivity contribution in [3.8, 4) is 0 Å². The summed E-state index contributed by atoms with van der Waals surface area (Å²) >= 11 is 3.29. The van der Waals surface area contributed by atoms with Crippen LogP contribution in [0.1, 0.15) is 11.8 Å². The fraction of sp³-hybridized carbons (Fsp3) is 0.250. The number of hydrogen-bond donors (Lipinski definition) is 2. The molecule has 0 aliphatic heterocycles. The highest BCUT2D eigenvalue weighted by atomic mass is 79.9. The highest BCUT2D eigenvalue weighted by Gasteiger charge is 2.10. The number of nitrogens with zero attached hydrogens (tertiary/aromatic N) is 3. The fourth-order valence-corrected chi connectivity index (χ4v) is 1.45. The van der Waals surface area contributed by atoms with Gasteiger partial charge in [0.2, 0.25) is 0 Å². The number of aromatic nitrogens is 3. The SMILES string of the molecule is NCC(O)c1cc2ncc(Br)cn2n1. The van der Waals surface area contributed by atoms with E-state index in [1.54, 1.807) is 23.0 Å². The van der Waals surface area contributed by atoms with Crippen molar-refractivity contribution < 1.29 is 5.11 Å². The zero-order valence-electron chi connectivity index (χ0n) is 7.26. The van der Waals surface area contributed by atoms with E-state index in [0.29, 0.717) is 11.3 Å². The van der Waals surface area contributed by atoms with Gasteiger partial charge in [-0.2, -0.15) is 5.10 Å². The zero-order valence-corrected chi connectivity index (χ0v) is 8.85. The van der Waals surface area contributed by atoms with Crippen LogP contribution in [0.15, 0.2) is 22.9 Å². The summed E-state index contributed by atoms with van der Waals surface area (Å²) < 4.78 is 2.43. The maximum Gasteiger partial charge on any atom is 0.155 e. The first kappa shape index (κ1) is 9.57. The van der Waals surface area contributed by atoms with E-state index in [0.717, 1.165) is 4.47 Å². The van der Waals surface area contributed by atoms with Crippen molar-refractivity contribution in [2.24, 2.45) is 5.73 Å². The number of aliphatic hydroxyl groups excluding tert-OH is 1. The number of hydrogen-bond acceptors (Lipinski definition) is 4. The summed E-state index contributed by atoms with van der Waals surface area (Å²) in [5, 5.41) is 13.6. The van der Waals surface area contributed by atoms with Crippen molar-refractivity contribution in [3.63, 3.8) is 0 Å². The third-order valence-corrected chi connectivity index (χ3v) is 2.27. The Morgan fingerprint density at radius 1 is 1.64 bits per heavy atom. The molecular formula is C8H9BrN4O. The van der Waals surface area contributed by atoms with E-state index in [-0.39, 0.29) is 6.54 Å². The maximum absolute atomic E-state index is 9.46. The van der Waals surface area contributed by atoms with E-state index in [1.807, 2.05) is 0 Å². The molecule has 0 aliphatic rings. The van der Waals surface area contributed by atoms with E-state index < -0.39 is 6.10 Å². The highest BCUT2D eigenvalue weighted by Crippen LogP contribution is 2.14. The van der Waals surface area contributed by atoms with Crippen LogP contribution in [0, 0.1) is 0 Å². The maximum atomic E-state index is 9.46. The van der Waals surface area contributed by atoms with Crippen LogP contribution in [0.4, 0.5) is 0 Å². The van der Waals surface area contributed by atoms with Gasteiger partial charge < -0.3 is 10.8 Å². The normalized spacial score (nSPS) is 13.4. The minimum Gasteiger partial charge on any atom is -0.385 e. The smallest absolute Gasteiger partial charge is 0.155 e. The van der Waals surface area contributed by atoms with Gasteiger partial charge in [0, 0.05) is 25.0 Å². The third-order valence-electron chi connectivity index (χ3n) is 1.87. The molecular weight excluding hydrogens is 248 g/mol. The minimum atomic E-state index is -0.726. The van der Waals surface area contributed by atoms with E-state index in [2.05, 4.69) is 26.0 Å². The average molecular weight is 257 g/mol. The Hall–Kier alpha value is -0.980. The first-order valence-corrected chi connectivity index (χ1v) is 4.89. The molecule has 3 N–H and O–H groups in total. The molecule has 1 unspecified atom stereocenters. The summed E-state index contributed by atoms with van der Waals surface area (Å²) in [6, 6.07) is 1.71. The third kappa shape index (κ3) is 1.63. The number of rotatable bonds is 2. The Kier molecular flexibility index (Phi) is 2.49. The molecule has 0 saturated carbocycles. The molecule has 0 spiro atoms. The molecule has 0 aliphatic carbocycles. The van der Waals surface area contributed by atoms with E-state index >= 15 is 0 Å². The Morgan fingerprint density at radius 3 is 3.14 bits per heavy atom. The van der Waals surface area contributed by atoms with E-state index in [4.69, 9.17) is 5.73 Å². The van der Waals surface area contributed by atoms with Crippen LogP contribution in [0.25, 0.3) is 5.65 Å². The molecule has 74 valence electrons. The Bertz CT molecular complexity index is 456. The molecule has 5 nitrogen and oxygen atoms in total. The number of nitrogens with two attached hydrogens (primary N) is 1. The van der Waals surface area contributed by atoms with Gasteiger partial charge in [-0.1, -0.05) is 0 Å². The van der Waals surface area contributed by atoms with Crippen LogP contribution in [0.5, 0.6) is 0 Å². The average Bonchev–Trinajstić information content (AvgIpc) is 2.59. The van der Waals surface area contributed by atoms with Crippen molar-refractivity contribution in [2.45, 2.75) is 6.10 Å². The summed E-state index contributed by atoms with van der Waals surface area (Å²) in [5.41, 5.74) is 6.56. The summed E-state index contributed by atoms with van der Waals surface area (Å²) in [6.45, 7) is 0.158. The minimum absolute atomic E-state index is 0.158. The lowest BCUT2D eigenvalue weighted by Crippen LogP contribution is -2.11. The highest BCUT2D eigenvalue weighted by molar-refractivity contribution is 9.10. The summed E-state index contributed by atoms with van der Waals surface area (Å²) in [4.78, 5) is 4.12. The molecule has 2 aromatic rings. The lowest BCUT2D eigenvalue weighted by molar-refractivity contribution is 0.181. The van der Waals surface area contributed by atoms with Gasteiger partial charge >= 0.3 is 0 Å². The molecule has 2 heterocycles. The predicted molar refractivity (Wildman–Crippen MR) is 54.7 cm³/mol. The molecule has 0 saturated heterocycles. The molecule has 0 amide bonds. The second-order valence-corrected chi connectivity index (χ2v) is 3.81. The molecule has 6 heteroatoms. The van der Waals surface area contributed by atoms with Gasteiger partial charge in [-0.15, -0.1) is 0 Å². The van der Waals surface area contributed by atoms with E-state index in [9.17, 15) is 5.11 Å². The monoisotopic (exact) mass is 256 g/mol. The topological polar surface area (TPSA) is 76.4 Å². The molecule has 0 fully saturated rings. The zero-order chi connectivity index (χ0) is 10.1.